The Bertz CT molecular complexity index is 540. The van der Waals surface area contributed by atoms with Crippen LogP contribution in [-0.4, -0.2) is 61.2 Å². The molecule has 1 aromatic rings. The predicted molar refractivity (Wildman–Crippen MR) is 93.0 cm³/mol. The van der Waals surface area contributed by atoms with Gasteiger partial charge < -0.3 is 4.90 Å². The molecule has 1 heterocycles. The van der Waals surface area contributed by atoms with E-state index in [0.717, 1.165) is 58.5 Å². The number of hydrogen-bond donors (Lipinski definition) is 1. The van der Waals surface area contributed by atoms with Gasteiger partial charge in [-0.05, 0) is 24.9 Å². The Labute approximate surface area is 140 Å². The number of hydrogen-bond acceptors (Lipinski definition) is 4. The summed E-state index contributed by atoms with van der Waals surface area (Å²) < 4.78 is 29.9. The molecule has 0 atom stereocenters. The molecule has 1 aromatic carbocycles. The maximum absolute atomic E-state index is 10.6. The van der Waals surface area contributed by atoms with Gasteiger partial charge in [-0.3, -0.25) is 9.45 Å². The van der Waals surface area contributed by atoms with E-state index in [4.69, 9.17) is 4.55 Å². The van der Waals surface area contributed by atoms with Crippen molar-refractivity contribution in [2.75, 3.05) is 38.5 Å². The lowest BCUT2D eigenvalue weighted by Gasteiger charge is -2.34. The highest BCUT2D eigenvalue weighted by Gasteiger charge is 2.16. The van der Waals surface area contributed by atoms with E-state index in [1.54, 1.807) is 0 Å². The molecule has 1 fully saturated rings. The SMILES string of the molecule is O=S(=O)(O)CCCCCCN1CCN(Cc2ccccc2)CC1. The zero-order valence-corrected chi connectivity index (χ0v) is 14.5. The van der Waals surface area contributed by atoms with Gasteiger partial charge in [-0.15, -0.1) is 0 Å². The smallest absolute Gasteiger partial charge is 0.264 e. The molecule has 1 saturated heterocycles. The van der Waals surface area contributed by atoms with Gasteiger partial charge >= 0.3 is 0 Å². The molecule has 0 amide bonds. The third kappa shape index (κ3) is 7.92. The second-order valence-corrected chi connectivity index (χ2v) is 7.88. The molecular formula is C17H28N2O3S. The summed E-state index contributed by atoms with van der Waals surface area (Å²) in [5, 5.41) is 0. The van der Waals surface area contributed by atoms with Gasteiger partial charge in [0.15, 0.2) is 0 Å². The lowest BCUT2D eigenvalue weighted by Crippen LogP contribution is -2.46. The molecule has 0 unspecified atom stereocenters. The molecule has 6 heteroatoms. The Kier molecular flexibility index (Phi) is 7.49. The van der Waals surface area contributed by atoms with Gasteiger partial charge in [-0.1, -0.05) is 43.2 Å². The number of benzene rings is 1. The molecule has 130 valence electrons. The summed E-state index contributed by atoms with van der Waals surface area (Å²) in [4.78, 5) is 4.99. The fourth-order valence-corrected chi connectivity index (χ4v) is 3.55. The summed E-state index contributed by atoms with van der Waals surface area (Å²) in [5.74, 6) is -0.106. The van der Waals surface area contributed by atoms with Gasteiger partial charge in [0.05, 0.1) is 5.75 Å². The minimum atomic E-state index is -3.78. The lowest BCUT2D eigenvalue weighted by atomic mass is 10.1. The van der Waals surface area contributed by atoms with Crippen LogP contribution in [0.2, 0.25) is 0 Å². The van der Waals surface area contributed by atoms with Crippen LogP contribution >= 0.6 is 0 Å². The Hall–Kier alpha value is -0.950. The van der Waals surface area contributed by atoms with Crippen LogP contribution < -0.4 is 0 Å². The molecule has 0 aliphatic carbocycles. The third-order valence-electron chi connectivity index (χ3n) is 4.34. The van der Waals surface area contributed by atoms with Crippen molar-refractivity contribution in [1.29, 1.82) is 0 Å². The van der Waals surface area contributed by atoms with E-state index in [1.165, 1.54) is 5.56 Å². The second kappa shape index (κ2) is 9.37. The molecule has 23 heavy (non-hydrogen) atoms. The molecule has 0 aromatic heterocycles. The minimum Gasteiger partial charge on any atom is -0.301 e. The summed E-state index contributed by atoms with van der Waals surface area (Å²) in [6.07, 6.45) is 3.56. The quantitative estimate of drug-likeness (QED) is 0.552. The Morgan fingerprint density at radius 1 is 0.870 bits per heavy atom. The summed E-state index contributed by atoms with van der Waals surface area (Å²) >= 11 is 0. The predicted octanol–water partition coefficient (Wildman–Crippen LogP) is 2.25. The Morgan fingerprint density at radius 3 is 2.13 bits per heavy atom. The minimum absolute atomic E-state index is 0.106. The van der Waals surface area contributed by atoms with E-state index in [-0.39, 0.29) is 5.75 Å². The van der Waals surface area contributed by atoms with Gasteiger partial charge in [0.1, 0.15) is 0 Å². The van der Waals surface area contributed by atoms with E-state index >= 15 is 0 Å². The largest absolute Gasteiger partial charge is 0.301 e. The maximum Gasteiger partial charge on any atom is 0.264 e. The fourth-order valence-electron chi connectivity index (χ4n) is 2.99. The highest BCUT2D eigenvalue weighted by atomic mass is 32.2. The standard InChI is InChI=1S/C17H28N2O3S/c20-23(21,22)15-7-2-1-6-10-18-11-13-19(14-12-18)16-17-8-4-3-5-9-17/h3-5,8-9H,1-2,6-7,10-16H2,(H,20,21,22). The molecule has 1 aliphatic heterocycles. The summed E-state index contributed by atoms with van der Waals surface area (Å²) in [5.41, 5.74) is 1.37. The highest BCUT2D eigenvalue weighted by Crippen LogP contribution is 2.10. The van der Waals surface area contributed by atoms with Crippen molar-refractivity contribution in [2.45, 2.75) is 32.2 Å². The molecule has 1 aliphatic rings. The fraction of sp³-hybridized carbons (Fsp3) is 0.647. The van der Waals surface area contributed by atoms with Crippen molar-refractivity contribution in [2.24, 2.45) is 0 Å². The normalized spacial score (nSPS) is 17.4. The van der Waals surface area contributed by atoms with Crippen molar-refractivity contribution in [3.05, 3.63) is 35.9 Å². The molecule has 2 rings (SSSR count). The molecular weight excluding hydrogens is 312 g/mol. The van der Waals surface area contributed by atoms with Gasteiger partial charge in [-0.2, -0.15) is 8.42 Å². The zero-order chi connectivity index (χ0) is 16.5. The molecule has 0 bridgehead atoms. The highest BCUT2D eigenvalue weighted by molar-refractivity contribution is 7.85. The van der Waals surface area contributed by atoms with Gasteiger partial charge in [0.2, 0.25) is 0 Å². The van der Waals surface area contributed by atoms with Crippen molar-refractivity contribution in [1.82, 2.24) is 9.80 Å². The number of nitrogens with zero attached hydrogens (tertiary/aromatic N) is 2. The molecule has 5 nitrogen and oxygen atoms in total. The zero-order valence-electron chi connectivity index (χ0n) is 13.7. The molecule has 0 saturated carbocycles. The van der Waals surface area contributed by atoms with Crippen LogP contribution in [0.5, 0.6) is 0 Å². The van der Waals surface area contributed by atoms with Crippen LogP contribution in [0.25, 0.3) is 0 Å². The van der Waals surface area contributed by atoms with Crippen LogP contribution in [0.15, 0.2) is 30.3 Å². The first kappa shape index (κ1) is 18.4. The van der Waals surface area contributed by atoms with Crippen LogP contribution in [0.3, 0.4) is 0 Å². The Balaban J connectivity index is 1.53. The first-order valence-electron chi connectivity index (χ1n) is 8.47. The van der Waals surface area contributed by atoms with Crippen LogP contribution in [0.1, 0.15) is 31.2 Å². The number of rotatable bonds is 9. The van der Waals surface area contributed by atoms with E-state index in [2.05, 4.69) is 40.1 Å². The van der Waals surface area contributed by atoms with E-state index in [1.807, 2.05) is 0 Å². The maximum atomic E-state index is 10.6. The van der Waals surface area contributed by atoms with Crippen molar-refractivity contribution >= 4 is 10.1 Å². The third-order valence-corrected chi connectivity index (χ3v) is 5.15. The van der Waals surface area contributed by atoms with Crippen LogP contribution in [0.4, 0.5) is 0 Å². The molecule has 0 radical (unpaired) electrons. The van der Waals surface area contributed by atoms with E-state index in [9.17, 15) is 8.42 Å². The van der Waals surface area contributed by atoms with Gasteiger partial charge in [0, 0.05) is 32.7 Å². The summed E-state index contributed by atoms with van der Waals surface area (Å²) in [6.45, 7) is 6.56. The van der Waals surface area contributed by atoms with Gasteiger partial charge in [0.25, 0.3) is 10.1 Å². The molecule has 1 N–H and O–H groups in total. The number of piperazine rings is 1. The average Bonchev–Trinajstić information content (AvgIpc) is 2.52. The monoisotopic (exact) mass is 340 g/mol. The van der Waals surface area contributed by atoms with Crippen LogP contribution in [0, 0.1) is 0 Å². The lowest BCUT2D eigenvalue weighted by molar-refractivity contribution is 0.125. The second-order valence-electron chi connectivity index (χ2n) is 6.30. The Morgan fingerprint density at radius 2 is 1.48 bits per heavy atom. The van der Waals surface area contributed by atoms with Crippen molar-refractivity contribution in [3.8, 4) is 0 Å². The first-order chi connectivity index (χ1) is 11.0. The average molecular weight is 340 g/mol. The van der Waals surface area contributed by atoms with Gasteiger partial charge in [-0.25, -0.2) is 0 Å². The topological polar surface area (TPSA) is 60.9 Å². The number of unbranched alkanes of at least 4 members (excludes halogenated alkanes) is 3. The first-order valence-corrected chi connectivity index (χ1v) is 10.1. The summed E-state index contributed by atoms with van der Waals surface area (Å²) in [7, 11) is -3.78. The van der Waals surface area contributed by atoms with E-state index in [0.29, 0.717) is 6.42 Å². The van der Waals surface area contributed by atoms with Crippen LogP contribution in [-0.2, 0) is 16.7 Å². The van der Waals surface area contributed by atoms with E-state index < -0.39 is 10.1 Å². The summed E-state index contributed by atoms with van der Waals surface area (Å²) in [6, 6.07) is 10.6. The van der Waals surface area contributed by atoms with Crippen molar-refractivity contribution in [3.63, 3.8) is 0 Å². The molecule has 0 spiro atoms. The van der Waals surface area contributed by atoms with Crippen molar-refractivity contribution < 1.29 is 13.0 Å².